The monoisotopic (exact) mass is 346 g/mol. The Bertz CT molecular complexity index is 584. The highest BCUT2D eigenvalue weighted by Crippen LogP contribution is 2.42. The quantitative estimate of drug-likeness (QED) is 0.759. The molecule has 0 aliphatic heterocycles. The van der Waals surface area contributed by atoms with E-state index >= 15 is 0 Å². The highest BCUT2D eigenvalue weighted by atomic mass is 32.2. The van der Waals surface area contributed by atoms with Crippen molar-refractivity contribution >= 4 is 33.1 Å². The summed E-state index contributed by atoms with van der Waals surface area (Å²) in [7, 11) is -3.39. The van der Waals surface area contributed by atoms with Crippen LogP contribution in [0.15, 0.2) is 16.3 Å². The lowest BCUT2D eigenvalue weighted by molar-refractivity contribution is 0.362. The van der Waals surface area contributed by atoms with Gasteiger partial charge in [0.2, 0.25) is 10.0 Å². The summed E-state index contributed by atoms with van der Waals surface area (Å²) in [5, 5.41) is 5.26. The van der Waals surface area contributed by atoms with Crippen molar-refractivity contribution in [2.24, 2.45) is 0 Å². The minimum absolute atomic E-state index is 0.121. The lowest BCUT2D eigenvalue weighted by Crippen LogP contribution is -2.45. The zero-order valence-corrected chi connectivity index (χ0v) is 14.7. The van der Waals surface area contributed by atoms with Gasteiger partial charge in [0.15, 0.2) is 0 Å². The van der Waals surface area contributed by atoms with Gasteiger partial charge in [-0.1, -0.05) is 6.42 Å². The van der Waals surface area contributed by atoms with Gasteiger partial charge in [-0.05, 0) is 43.4 Å². The normalized spacial score (nSPS) is 21.2. The minimum atomic E-state index is -3.39. The Morgan fingerprint density at radius 3 is 2.76 bits per heavy atom. The lowest BCUT2D eigenvalue weighted by Gasteiger charge is -2.40. The van der Waals surface area contributed by atoms with Crippen molar-refractivity contribution < 1.29 is 8.42 Å². The Morgan fingerprint density at radius 1 is 1.43 bits per heavy atom. The molecule has 118 valence electrons. The van der Waals surface area contributed by atoms with E-state index in [2.05, 4.69) is 16.3 Å². The predicted molar refractivity (Wildman–Crippen MR) is 89.5 cm³/mol. The average Bonchev–Trinajstić information content (AvgIpc) is 3.11. The molecule has 2 aliphatic rings. The van der Waals surface area contributed by atoms with Crippen LogP contribution >= 0.6 is 23.1 Å². The topological polar surface area (TPSA) is 58.2 Å². The molecule has 2 saturated carbocycles. The van der Waals surface area contributed by atoms with Crippen molar-refractivity contribution in [1.29, 1.82) is 0 Å². The summed E-state index contributed by atoms with van der Waals surface area (Å²) < 4.78 is 28.0. The van der Waals surface area contributed by atoms with E-state index in [1.165, 1.54) is 30.6 Å². The molecule has 0 unspecified atom stereocenters. The van der Waals surface area contributed by atoms with Crippen molar-refractivity contribution in [2.45, 2.75) is 54.3 Å². The number of sulfonamides is 1. The molecule has 0 amide bonds. The summed E-state index contributed by atoms with van der Waals surface area (Å²) in [4.78, 5) is 1.37. The zero-order valence-electron chi connectivity index (χ0n) is 12.2. The summed E-state index contributed by atoms with van der Waals surface area (Å²) >= 11 is 3.31. The Hall–Kier alpha value is -0.0800. The van der Waals surface area contributed by atoms with Crippen molar-refractivity contribution in [2.75, 3.05) is 12.8 Å². The first kappa shape index (κ1) is 15.8. The molecule has 4 nitrogen and oxygen atoms in total. The molecule has 0 saturated heterocycles. The molecular weight excluding hydrogens is 324 g/mol. The summed E-state index contributed by atoms with van der Waals surface area (Å²) in [6.07, 6.45) is 7.91. The van der Waals surface area contributed by atoms with Crippen molar-refractivity contribution in [3.8, 4) is 0 Å². The fourth-order valence-corrected chi connectivity index (χ4v) is 6.07. The molecule has 21 heavy (non-hydrogen) atoms. The van der Waals surface area contributed by atoms with Crippen LogP contribution in [0.3, 0.4) is 0 Å². The number of rotatable bonds is 8. The van der Waals surface area contributed by atoms with Gasteiger partial charge in [0, 0.05) is 28.8 Å². The molecule has 3 rings (SSSR count). The Morgan fingerprint density at radius 2 is 2.19 bits per heavy atom. The average molecular weight is 347 g/mol. The smallest absolute Gasteiger partial charge is 0.241 e. The van der Waals surface area contributed by atoms with Gasteiger partial charge in [0.05, 0.1) is 4.90 Å². The van der Waals surface area contributed by atoms with E-state index in [9.17, 15) is 8.42 Å². The van der Waals surface area contributed by atoms with E-state index in [4.69, 9.17) is 0 Å². The Kier molecular flexibility index (Phi) is 4.66. The molecule has 2 aliphatic carbocycles. The van der Waals surface area contributed by atoms with Crippen LogP contribution in [-0.4, -0.2) is 32.0 Å². The molecule has 7 heteroatoms. The molecule has 2 N–H and O–H groups in total. The van der Waals surface area contributed by atoms with Crippen LogP contribution in [0.2, 0.25) is 0 Å². The fourth-order valence-electron chi connectivity index (χ4n) is 2.55. The van der Waals surface area contributed by atoms with Crippen LogP contribution in [0.5, 0.6) is 0 Å². The Balaban J connectivity index is 1.64. The van der Waals surface area contributed by atoms with Crippen molar-refractivity contribution in [1.82, 2.24) is 10.0 Å². The van der Waals surface area contributed by atoms with Gasteiger partial charge in [-0.25, -0.2) is 13.1 Å². The molecule has 1 aromatic rings. The second-order valence-corrected chi connectivity index (χ2v) is 9.94. The summed E-state index contributed by atoms with van der Waals surface area (Å²) in [6.45, 7) is 1.20. The van der Waals surface area contributed by atoms with E-state index in [1.54, 1.807) is 17.8 Å². The molecule has 0 atom stereocenters. The highest BCUT2D eigenvalue weighted by Gasteiger charge is 2.37. The summed E-state index contributed by atoms with van der Waals surface area (Å²) in [6, 6.07) is 2.31. The third-order valence-corrected chi connectivity index (χ3v) is 8.36. The van der Waals surface area contributed by atoms with Gasteiger partial charge in [-0.3, -0.25) is 0 Å². The predicted octanol–water partition coefficient (Wildman–Crippen LogP) is 2.56. The molecule has 1 heterocycles. The van der Waals surface area contributed by atoms with Gasteiger partial charge in [0.25, 0.3) is 0 Å². The maximum Gasteiger partial charge on any atom is 0.241 e. The fraction of sp³-hybridized carbons (Fsp3) is 0.714. The van der Waals surface area contributed by atoms with Crippen molar-refractivity contribution in [3.05, 3.63) is 16.3 Å². The highest BCUT2D eigenvalue weighted by molar-refractivity contribution is 8.00. The van der Waals surface area contributed by atoms with Gasteiger partial charge >= 0.3 is 0 Å². The van der Waals surface area contributed by atoms with Gasteiger partial charge in [0.1, 0.15) is 0 Å². The third kappa shape index (κ3) is 3.64. The number of nitrogens with one attached hydrogen (secondary N) is 2. The standard InChI is InChI=1S/C14H22N2O2S3/c1-19-14(6-2-7-14)10-16-21(17,18)13-5-8-20-12(13)9-15-11-3-4-11/h5,8,11,15-16H,2-4,6-7,9-10H2,1H3. The van der Waals surface area contributed by atoms with E-state index in [0.29, 0.717) is 24.0 Å². The van der Waals surface area contributed by atoms with E-state index in [0.717, 1.165) is 17.7 Å². The number of thiophene rings is 1. The summed E-state index contributed by atoms with van der Waals surface area (Å²) in [5.41, 5.74) is 0. The minimum Gasteiger partial charge on any atom is -0.309 e. The van der Waals surface area contributed by atoms with Crippen LogP contribution < -0.4 is 10.0 Å². The molecule has 2 fully saturated rings. The van der Waals surface area contributed by atoms with Gasteiger partial charge in [-0.2, -0.15) is 11.8 Å². The SMILES string of the molecule is CSC1(CNS(=O)(=O)c2ccsc2CNC2CC2)CCC1. The molecule has 0 spiro atoms. The van der Waals surface area contributed by atoms with E-state index in [-0.39, 0.29) is 4.75 Å². The maximum atomic E-state index is 12.5. The van der Waals surface area contributed by atoms with Crippen LogP contribution in [0, 0.1) is 0 Å². The first-order valence-electron chi connectivity index (χ1n) is 7.39. The molecule has 1 aromatic heterocycles. The third-order valence-electron chi connectivity index (χ3n) is 4.40. The second-order valence-electron chi connectivity index (χ2n) is 5.93. The van der Waals surface area contributed by atoms with E-state index in [1.807, 2.05) is 5.38 Å². The van der Waals surface area contributed by atoms with Crippen LogP contribution in [0.1, 0.15) is 37.0 Å². The largest absolute Gasteiger partial charge is 0.309 e. The molecule has 0 radical (unpaired) electrons. The zero-order chi connectivity index (χ0) is 14.9. The molecule has 0 bridgehead atoms. The van der Waals surface area contributed by atoms with Crippen LogP contribution in [0.25, 0.3) is 0 Å². The van der Waals surface area contributed by atoms with Crippen LogP contribution in [0.4, 0.5) is 0 Å². The first-order valence-corrected chi connectivity index (χ1v) is 11.0. The van der Waals surface area contributed by atoms with Gasteiger partial charge < -0.3 is 5.32 Å². The van der Waals surface area contributed by atoms with Crippen LogP contribution in [-0.2, 0) is 16.6 Å². The Labute approximate surface area is 135 Å². The number of hydrogen-bond donors (Lipinski definition) is 2. The summed E-state index contributed by atoms with van der Waals surface area (Å²) in [5.74, 6) is 0. The lowest BCUT2D eigenvalue weighted by atomic mass is 9.84. The molecule has 0 aromatic carbocycles. The number of hydrogen-bond acceptors (Lipinski definition) is 5. The second kappa shape index (κ2) is 6.20. The van der Waals surface area contributed by atoms with Gasteiger partial charge in [-0.15, -0.1) is 11.3 Å². The van der Waals surface area contributed by atoms with E-state index < -0.39 is 10.0 Å². The first-order chi connectivity index (χ1) is 10.0. The van der Waals surface area contributed by atoms with Crippen molar-refractivity contribution in [3.63, 3.8) is 0 Å². The molecular formula is C14H22N2O2S3. The maximum absolute atomic E-state index is 12.5. The number of thioether (sulfide) groups is 1.